The summed E-state index contributed by atoms with van der Waals surface area (Å²) < 4.78 is 5.14. The van der Waals surface area contributed by atoms with Gasteiger partial charge in [0.1, 0.15) is 5.75 Å². The van der Waals surface area contributed by atoms with Gasteiger partial charge in [0.15, 0.2) is 0 Å². The highest BCUT2D eigenvalue weighted by Crippen LogP contribution is 2.30. The largest absolute Gasteiger partial charge is 0.426 e. The van der Waals surface area contributed by atoms with Crippen LogP contribution in [0.4, 0.5) is 5.69 Å². The van der Waals surface area contributed by atoms with E-state index in [-0.39, 0.29) is 11.9 Å². The quantitative estimate of drug-likeness (QED) is 0.651. The van der Waals surface area contributed by atoms with Crippen molar-refractivity contribution in [1.29, 1.82) is 0 Å². The number of carbonyl (C=O) groups is 2. The van der Waals surface area contributed by atoms with E-state index in [4.69, 9.17) is 4.74 Å². The van der Waals surface area contributed by atoms with Gasteiger partial charge in [0.2, 0.25) is 5.91 Å². The van der Waals surface area contributed by atoms with Crippen LogP contribution in [-0.2, 0) is 9.59 Å². The third kappa shape index (κ3) is 2.48. The minimum atomic E-state index is -0.368. The van der Waals surface area contributed by atoms with Gasteiger partial charge in [-0.25, -0.2) is 0 Å². The maximum absolute atomic E-state index is 11.1. The van der Waals surface area contributed by atoms with Crippen molar-refractivity contribution in [3.63, 3.8) is 0 Å². The maximum atomic E-state index is 11.1. The predicted molar refractivity (Wildman–Crippen MR) is 69.6 cm³/mol. The number of esters is 1. The second-order valence-corrected chi connectivity index (χ2v) is 3.93. The Balaban J connectivity index is 2.57. The Labute approximate surface area is 105 Å². The van der Waals surface area contributed by atoms with Gasteiger partial charge in [-0.2, -0.15) is 0 Å². The zero-order chi connectivity index (χ0) is 13.1. The number of hydrogen-bond donors (Lipinski definition) is 1. The minimum absolute atomic E-state index is 0.139. The van der Waals surface area contributed by atoms with Crippen molar-refractivity contribution in [1.82, 2.24) is 0 Å². The van der Waals surface area contributed by atoms with Gasteiger partial charge in [0.05, 0.1) is 0 Å². The number of rotatable bonds is 2. The van der Waals surface area contributed by atoms with Gasteiger partial charge in [0, 0.05) is 30.3 Å². The summed E-state index contributed by atoms with van der Waals surface area (Å²) in [6, 6.07) is 10.8. The molecule has 0 saturated carbocycles. The Kier molecular flexibility index (Phi) is 3.28. The fraction of sp³-hybridized carbons (Fsp3) is 0.143. The molecule has 0 aliphatic carbocycles. The van der Waals surface area contributed by atoms with Crippen LogP contribution in [0, 0.1) is 0 Å². The highest BCUT2D eigenvalue weighted by Gasteiger charge is 2.07. The molecule has 2 rings (SSSR count). The molecule has 0 aliphatic heterocycles. The van der Waals surface area contributed by atoms with Crippen LogP contribution in [0.1, 0.15) is 13.8 Å². The number of fused-ring (bicyclic) bond motifs is 1. The van der Waals surface area contributed by atoms with E-state index in [1.807, 2.05) is 12.1 Å². The molecule has 0 saturated heterocycles. The van der Waals surface area contributed by atoms with Crippen molar-refractivity contribution in [2.75, 3.05) is 5.32 Å². The van der Waals surface area contributed by atoms with E-state index in [2.05, 4.69) is 5.32 Å². The molecule has 92 valence electrons. The van der Waals surface area contributed by atoms with Gasteiger partial charge in [-0.15, -0.1) is 0 Å². The van der Waals surface area contributed by atoms with E-state index in [1.54, 1.807) is 24.3 Å². The summed E-state index contributed by atoms with van der Waals surface area (Å²) in [5.74, 6) is -0.0139. The van der Waals surface area contributed by atoms with E-state index in [1.165, 1.54) is 13.8 Å². The number of anilines is 1. The summed E-state index contributed by atoms with van der Waals surface area (Å²) in [5.41, 5.74) is 0.703. The molecule has 0 radical (unpaired) electrons. The second-order valence-electron chi connectivity index (χ2n) is 3.93. The Morgan fingerprint density at radius 1 is 1.00 bits per heavy atom. The van der Waals surface area contributed by atoms with Crippen molar-refractivity contribution in [3.05, 3.63) is 36.4 Å². The lowest BCUT2D eigenvalue weighted by Crippen LogP contribution is -2.06. The van der Waals surface area contributed by atoms with Gasteiger partial charge in [-0.05, 0) is 12.1 Å². The highest BCUT2D eigenvalue weighted by molar-refractivity contribution is 6.03. The fourth-order valence-corrected chi connectivity index (χ4v) is 1.82. The molecule has 4 heteroatoms. The third-order valence-corrected chi connectivity index (χ3v) is 2.45. The van der Waals surface area contributed by atoms with Crippen molar-refractivity contribution >= 4 is 28.3 Å². The highest BCUT2D eigenvalue weighted by atomic mass is 16.5. The van der Waals surface area contributed by atoms with E-state index in [0.29, 0.717) is 11.4 Å². The lowest BCUT2D eigenvalue weighted by molar-refractivity contribution is -0.131. The standard InChI is InChI=1S/C14H13NO3/c1-9(16)15-13-7-3-6-12-11(13)5-4-8-14(12)18-10(2)17/h3-8H,1-2H3,(H,15,16). The van der Waals surface area contributed by atoms with Crippen molar-refractivity contribution in [2.45, 2.75) is 13.8 Å². The van der Waals surface area contributed by atoms with Gasteiger partial charge in [-0.3, -0.25) is 9.59 Å². The first-order valence-corrected chi connectivity index (χ1v) is 5.55. The molecule has 1 N–H and O–H groups in total. The summed E-state index contributed by atoms with van der Waals surface area (Å²) in [6.07, 6.45) is 0. The van der Waals surface area contributed by atoms with Gasteiger partial charge >= 0.3 is 5.97 Å². The summed E-state index contributed by atoms with van der Waals surface area (Å²) in [5, 5.41) is 4.38. The van der Waals surface area contributed by atoms with Crippen molar-refractivity contribution < 1.29 is 14.3 Å². The monoisotopic (exact) mass is 243 g/mol. The maximum Gasteiger partial charge on any atom is 0.308 e. The van der Waals surface area contributed by atoms with E-state index >= 15 is 0 Å². The summed E-state index contributed by atoms with van der Waals surface area (Å²) in [4.78, 5) is 22.2. The van der Waals surface area contributed by atoms with Crippen LogP contribution < -0.4 is 10.1 Å². The molecule has 0 bridgehead atoms. The molecule has 0 aromatic heterocycles. The molecule has 0 fully saturated rings. The Morgan fingerprint density at radius 2 is 1.67 bits per heavy atom. The predicted octanol–water partition coefficient (Wildman–Crippen LogP) is 2.72. The first-order chi connectivity index (χ1) is 8.58. The molecule has 0 aliphatic rings. The molecule has 18 heavy (non-hydrogen) atoms. The van der Waals surface area contributed by atoms with Crippen LogP contribution in [-0.4, -0.2) is 11.9 Å². The van der Waals surface area contributed by atoms with Crippen molar-refractivity contribution in [2.24, 2.45) is 0 Å². The number of carbonyl (C=O) groups excluding carboxylic acids is 2. The molecular weight excluding hydrogens is 230 g/mol. The van der Waals surface area contributed by atoms with Crippen LogP contribution in [0.15, 0.2) is 36.4 Å². The fourth-order valence-electron chi connectivity index (χ4n) is 1.82. The van der Waals surface area contributed by atoms with Gasteiger partial charge in [0.25, 0.3) is 0 Å². The topological polar surface area (TPSA) is 55.4 Å². The third-order valence-electron chi connectivity index (χ3n) is 2.45. The molecule has 1 amide bonds. The Hall–Kier alpha value is -2.36. The SMILES string of the molecule is CC(=O)Nc1cccc2c(OC(C)=O)cccc12. The summed E-state index contributed by atoms with van der Waals surface area (Å²) in [6.45, 7) is 2.81. The first-order valence-electron chi connectivity index (χ1n) is 5.55. The first kappa shape index (κ1) is 12.1. The zero-order valence-corrected chi connectivity index (χ0v) is 10.2. The van der Waals surface area contributed by atoms with Crippen molar-refractivity contribution in [3.8, 4) is 5.75 Å². The van der Waals surface area contributed by atoms with E-state index < -0.39 is 0 Å². The lowest BCUT2D eigenvalue weighted by atomic mass is 10.1. The summed E-state index contributed by atoms with van der Waals surface area (Å²) >= 11 is 0. The van der Waals surface area contributed by atoms with Crippen LogP contribution in [0.25, 0.3) is 10.8 Å². The second kappa shape index (κ2) is 4.87. The number of ether oxygens (including phenoxy) is 1. The Morgan fingerprint density at radius 3 is 2.33 bits per heavy atom. The van der Waals surface area contributed by atoms with Gasteiger partial charge in [-0.1, -0.05) is 24.3 Å². The average molecular weight is 243 g/mol. The van der Waals surface area contributed by atoms with Crippen LogP contribution in [0.5, 0.6) is 5.75 Å². The molecule has 0 atom stereocenters. The van der Waals surface area contributed by atoms with Crippen LogP contribution in [0.2, 0.25) is 0 Å². The molecule has 2 aromatic rings. The molecule has 0 heterocycles. The zero-order valence-electron chi connectivity index (χ0n) is 10.2. The summed E-state index contributed by atoms with van der Waals surface area (Å²) in [7, 11) is 0. The number of hydrogen-bond acceptors (Lipinski definition) is 3. The smallest absolute Gasteiger partial charge is 0.308 e. The molecule has 0 unspecified atom stereocenters. The Bertz CT molecular complexity index is 564. The van der Waals surface area contributed by atoms with Crippen LogP contribution >= 0.6 is 0 Å². The average Bonchev–Trinajstić information content (AvgIpc) is 2.29. The number of benzene rings is 2. The minimum Gasteiger partial charge on any atom is -0.426 e. The number of amides is 1. The molecule has 4 nitrogen and oxygen atoms in total. The van der Waals surface area contributed by atoms with Crippen LogP contribution in [0.3, 0.4) is 0 Å². The normalized spacial score (nSPS) is 10.1. The molecular formula is C14H13NO3. The number of nitrogens with one attached hydrogen (secondary N) is 1. The van der Waals surface area contributed by atoms with Gasteiger partial charge < -0.3 is 10.1 Å². The van der Waals surface area contributed by atoms with E-state index in [9.17, 15) is 9.59 Å². The van der Waals surface area contributed by atoms with E-state index in [0.717, 1.165) is 10.8 Å². The lowest BCUT2D eigenvalue weighted by Gasteiger charge is -2.10. The molecule has 0 spiro atoms. The molecule has 2 aromatic carbocycles.